The third kappa shape index (κ3) is 4.38. The molecule has 1 aromatic rings. The van der Waals surface area contributed by atoms with Crippen LogP contribution in [0.1, 0.15) is 18.9 Å². The number of hydrogen-bond acceptors (Lipinski definition) is 3. The molecule has 1 rings (SSSR count). The fourth-order valence-corrected chi connectivity index (χ4v) is 1.73. The van der Waals surface area contributed by atoms with Crippen molar-refractivity contribution in [1.82, 2.24) is 5.32 Å². The molecule has 0 aromatic heterocycles. The quantitative estimate of drug-likeness (QED) is 0.785. The van der Waals surface area contributed by atoms with Crippen LogP contribution in [0, 0.1) is 5.82 Å². The number of carbonyl (C=O) groups is 2. The maximum atomic E-state index is 12.9. The maximum absolute atomic E-state index is 12.9. The molecule has 5 nitrogen and oxygen atoms in total. The molecule has 108 valence electrons. The summed E-state index contributed by atoms with van der Waals surface area (Å²) in [4.78, 5) is 22.6. The van der Waals surface area contributed by atoms with Gasteiger partial charge in [0, 0.05) is 0 Å². The van der Waals surface area contributed by atoms with E-state index in [4.69, 9.17) is 9.84 Å². The van der Waals surface area contributed by atoms with Crippen molar-refractivity contribution >= 4 is 12.1 Å². The standard InChI is InChI=1S/C14H16FNO4/c1-3-8-20-13(19)16-14(2,9-12(17)18)10-4-6-11(15)7-5-10/h3-7H,1,8-9H2,2H3,(H,16,19)(H,17,18). The molecule has 0 saturated carbocycles. The molecule has 0 fully saturated rings. The molecule has 0 saturated heterocycles. The van der Waals surface area contributed by atoms with Crippen molar-refractivity contribution in [1.29, 1.82) is 0 Å². The summed E-state index contributed by atoms with van der Waals surface area (Å²) >= 11 is 0. The number of nitrogens with one attached hydrogen (secondary N) is 1. The molecule has 0 aliphatic rings. The lowest BCUT2D eigenvalue weighted by molar-refractivity contribution is -0.138. The first-order valence-corrected chi connectivity index (χ1v) is 5.91. The molecular formula is C14H16FNO4. The number of rotatable bonds is 6. The topological polar surface area (TPSA) is 75.6 Å². The van der Waals surface area contributed by atoms with Gasteiger partial charge in [0.05, 0.1) is 12.0 Å². The number of aliphatic carboxylic acids is 1. The second-order valence-corrected chi connectivity index (χ2v) is 4.42. The number of amides is 1. The summed E-state index contributed by atoms with van der Waals surface area (Å²) in [7, 11) is 0. The van der Waals surface area contributed by atoms with Crippen molar-refractivity contribution in [3.05, 3.63) is 48.3 Å². The molecular weight excluding hydrogens is 265 g/mol. The van der Waals surface area contributed by atoms with E-state index in [9.17, 15) is 14.0 Å². The van der Waals surface area contributed by atoms with Crippen LogP contribution in [0.15, 0.2) is 36.9 Å². The van der Waals surface area contributed by atoms with Gasteiger partial charge in [-0.15, -0.1) is 0 Å². The summed E-state index contributed by atoms with van der Waals surface area (Å²) in [5.74, 6) is -1.54. The molecule has 0 spiro atoms. The number of carbonyl (C=O) groups excluding carboxylic acids is 1. The molecule has 0 aliphatic carbocycles. The van der Waals surface area contributed by atoms with Crippen molar-refractivity contribution in [3.8, 4) is 0 Å². The second kappa shape index (κ2) is 6.70. The minimum Gasteiger partial charge on any atom is -0.481 e. The Labute approximate surface area is 116 Å². The van der Waals surface area contributed by atoms with E-state index in [2.05, 4.69) is 11.9 Å². The number of hydrogen-bond donors (Lipinski definition) is 2. The normalized spacial score (nSPS) is 13.1. The van der Waals surface area contributed by atoms with Gasteiger partial charge < -0.3 is 15.2 Å². The number of alkyl carbamates (subject to hydrolysis) is 1. The number of benzene rings is 1. The molecule has 20 heavy (non-hydrogen) atoms. The van der Waals surface area contributed by atoms with E-state index < -0.39 is 23.4 Å². The van der Waals surface area contributed by atoms with Crippen LogP contribution in [0.4, 0.5) is 9.18 Å². The fraction of sp³-hybridized carbons (Fsp3) is 0.286. The first-order valence-electron chi connectivity index (χ1n) is 5.91. The Balaban J connectivity index is 2.96. The molecule has 0 heterocycles. The van der Waals surface area contributed by atoms with E-state index >= 15 is 0 Å². The minimum absolute atomic E-state index is 0.0123. The highest BCUT2D eigenvalue weighted by molar-refractivity contribution is 5.73. The number of carboxylic acids is 1. The highest BCUT2D eigenvalue weighted by Gasteiger charge is 2.32. The van der Waals surface area contributed by atoms with E-state index in [1.165, 1.54) is 37.3 Å². The average molecular weight is 281 g/mol. The van der Waals surface area contributed by atoms with Gasteiger partial charge in [0.15, 0.2) is 0 Å². The summed E-state index contributed by atoms with van der Waals surface area (Å²) in [6.07, 6.45) is 0.270. The monoisotopic (exact) mass is 281 g/mol. The Morgan fingerprint density at radius 3 is 2.55 bits per heavy atom. The van der Waals surface area contributed by atoms with Crippen LogP contribution >= 0.6 is 0 Å². The first-order chi connectivity index (χ1) is 9.37. The lowest BCUT2D eigenvalue weighted by Gasteiger charge is -2.29. The fourth-order valence-electron chi connectivity index (χ4n) is 1.73. The third-order valence-electron chi connectivity index (χ3n) is 2.70. The van der Waals surface area contributed by atoms with Crippen LogP contribution in [0.3, 0.4) is 0 Å². The third-order valence-corrected chi connectivity index (χ3v) is 2.70. The van der Waals surface area contributed by atoms with E-state index in [1.54, 1.807) is 0 Å². The van der Waals surface area contributed by atoms with E-state index in [0.717, 1.165) is 0 Å². The van der Waals surface area contributed by atoms with Crippen LogP contribution < -0.4 is 5.32 Å². The van der Waals surface area contributed by atoms with Crippen molar-refractivity contribution in [2.75, 3.05) is 6.61 Å². The van der Waals surface area contributed by atoms with Gasteiger partial charge in [-0.3, -0.25) is 4.79 Å². The highest BCUT2D eigenvalue weighted by Crippen LogP contribution is 2.25. The van der Waals surface area contributed by atoms with Crippen LogP contribution in [-0.2, 0) is 15.1 Å². The van der Waals surface area contributed by atoms with E-state index in [1.807, 2.05) is 0 Å². The smallest absolute Gasteiger partial charge is 0.408 e. The zero-order valence-corrected chi connectivity index (χ0v) is 11.1. The largest absolute Gasteiger partial charge is 0.481 e. The SMILES string of the molecule is C=CCOC(=O)NC(C)(CC(=O)O)c1ccc(F)cc1. The van der Waals surface area contributed by atoms with Crippen LogP contribution in [0.5, 0.6) is 0 Å². The molecule has 0 bridgehead atoms. The Bertz CT molecular complexity index is 500. The van der Waals surface area contributed by atoms with Crippen molar-refractivity contribution < 1.29 is 23.8 Å². The Morgan fingerprint density at radius 1 is 1.45 bits per heavy atom. The van der Waals surface area contributed by atoms with Gasteiger partial charge in [-0.1, -0.05) is 24.8 Å². The van der Waals surface area contributed by atoms with Crippen LogP contribution in [0.2, 0.25) is 0 Å². The van der Waals surface area contributed by atoms with Gasteiger partial charge >= 0.3 is 12.1 Å². The highest BCUT2D eigenvalue weighted by atomic mass is 19.1. The van der Waals surface area contributed by atoms with Crippen LogP contribution in [-0.4, -0.2) is 23.8 Å². The van der Waals surface area contributed by atoms with Gasteiger partial charge in [-0.25, -0.2) is 9.18 Å². The first kappa shape index (κ1) is 15.7. The zero-order chi connectivity index (χ0) is 15.2. The van der Waals surface area contributed by atoms with Crippen LogP contribution in [0.25, 0.3) is 0 Å². The Morgan fingerprint density at radius 2 is 2.05 bits per heavy atom. The van der Waals surface area contributed by atoms with Gasteiger partial charge in [0.25, 0.3) is 0 Å². The molecule has 1 amide bonds. The predicted octanol–water partition coefficient (Wildman–Crippen LogP) is 2.43. The number of ether oxygens (including phenoxy) is 1. The molecule has 0 aliphatic heterocycles. The van der Waals surface area contributed by atoms with E-state index in [-0.39, 0.29) is 13.0 Å². The molecule has 1 unspecified atom stereocenters. The van der Waals surface area contributed by atoms with Crippen molar-refractivity contribution in [3.63, 3.8) is 0 Å². The maximum Gasteiger partial charge on any atom is 0.408 e. The number of carboxylic acid groups (broad SMARTS) is 1. The molecule has 0 radical (unpaired) electrons. The van der Waals surface area contributed by atoms with Gasteiger partial charge in [0.2, 0.25) is 0 Å². The number of halogens is 1. The predicted molar refractivity (Wildman–Crippen MR) is 70.7 cm³/mol. The summed E-state index contributed by atoms with van der Waals surface area (Å²) < 4.78 is 17.7. The Hall–Kier alpha value is -2.37. The van der Waals surface area contributed by atoms with Crippen molar-refractivity contribution in [2.45, 2.75) is 18.9 Å². The lowest BCUT2D eigenvalue weighted by Crippen LogP contribution is -2.45. The summed E-state index contributed by atoms with van der Waals surface area (Å²) in [6.45, 7) is 4.95. The molecule has 6 heteroatoms. The zero-order valence-electron chi connectivity index (χ0n) is 11.1. The average Bonchev–Trinajstić information content (AvgIpc) is 2.35. The lowest BCUT2D eigenvalue weighted by atomic mass is 9.89. The molecule has 2 N–H and O–H groups in total. The minimum atomic E-state index is -1.20. The Kier molecular flexibility index (Phi) is 5.25. The summed E-state index contributed by atoms with van der Waals surface area (Å²) in [6, 6.07) is 5.25. The summed E-state index contributed by atoms with van der Waals surface area (Å²) in [5, 5.41) is 11.5. The van der Waals surface area contributed by atoms with E-state index in [0.29, 0.717) is 5.56 Å². The van der Waals surface area contributed by atoms with Crippen molar-refractivity contribution in [2.24, 2.45) is 0 Å². The summed E-state index contributed by atoms with van der Waals surface area (Å²) in [5.41, 5.74) is -0.727. The molecule has 1 atom stereocenters. The van der Waals surface area contributed by atoms with Gasteiger partial charge in [-0.2, -0.15) is 0 Å². The second-order valence-electron chi connectivity index (χ2n) is 4.42. The van der Waals surface area contributed by atoms with Gasteiger partial charge in [-0.05, 0) is 24.6 Å². The molecule has 1 aromatic carbocycles. The van der Waals surface area contributed by atoms with Gasteiger partial charge in [0.1, 0.15) is 12.4 Å².